The van der Waals surface area contributed by atoms with Gasteiger partial charge in [0.15, 0.2) is 11.5 Å². The van der Waals surface area contributed by atoms with Gasteiger partial charge in [0.1, 0.15) is 6.61 Å². The fourth-order valence-corrected chi connectivity index (χ4v) is 1.25. The molecule has 1 aromatic rings. The van der Waals surface area contributed by atoms with Gasteiger partial charge in [-0.25, -0.2) is 0 Å². The predicted molar refractivity (Wildman–Crippen MR) is 63.2 cm³/mol. The number of methoxy groups -OCH3 is 1. The molecule has 4 nitrogen and oxygen atoms in total. The molecule has 0 radical (unpaired) electrons. The minimum atomic E-state index is -4.45. The van der Waals surface area contributed by atoms with Crippen molar-refractivity contribution in [3.8, 4) is 11.5 Å². The van der Waals surface area contributed by atoms with Crippen LogP contribution in [0.25, 0.3) is 0 Å². The third-order valence-corrected chi connectivity index (χ3v) is 2.41. The number of aliphatic hydroxyl groups excluding tert-OH is 1. The Morgan fingerprint density at radius 1 is 1.26 bits per heavy atom. The number of nitrogens with two attached hydrogens (primary N) is 1. The Hall–Kier alpha value is -1.47. The number of ether oxygens (including phenoxy) is 2. The van der Waals surface area contributed by atoms with Crippen LogP contribution in [0.2, 0.25) is 0 Å². The van der Waals surface area contributed by atoms with Gasteiger partial charge in [0, 0.05) is 0 Å². The van der Waals surface area contributed by atoms with Crippen molar-refractivity contribution in [3.05, 3.63) is 23.8 Å². The van der Waals surface area contributed by atoms with Crippen molar-refractivity contribution in [1.82, 2.24) is 0 Å². The Kier molecular flexibility index (Phi) is 4.65. The summed E-state index contributed by atoms with van der Waals surface area (Å²) >= 11 is 0. The van der Waals surface area contributed by atoms with E-state index in [4.69, 9.17) is 20.3 Å². The van der Waals surface area contributed by atoms with Crippen molar-refractivity contribution in [2.75, 3.05) is 20.3 Å². The van der Waals surface area contributed by atoms with E-state index in [-0.39, 0.29) is 24.7 Å². The van der Waals surface area contributed by atoms with E-state index in [2.05, 4.69) is 0 Å². The van der Waals surface area contributed by atoms with Crippen LogP contribution in [0.15, 0.2) is 18.2 Å². The fraction of sp³-hybridized carbons (Fsp3) is 0.500. The second-order valence-corrected chi connectivity index (χ2v) is 4.46. The molecule has 0 aromatic heterocycles. The van der Waals surface area contributed by atoms with Gasteiger partial charge < -0.3 is 20.3 Å². The van der Waals surface area contributed by atoms with Crippen LogP contribution in [-0.2, 0) is 6.18 Å². The summed E-state index contributed by atoms with van der Waals surface area (Å²) in [5, 5.41) is 8.96. The lowest BCUT2D eigenvalue weighted by Gasteiger charge is -2.22. The van der Waals surface area contributed by atoms with Crippen molar-refractivity contribution in [1.29, 1.82) is 0 Å². The van der Waals surface area contributed by atoms with Crippen molar-refractivity contribution in [3.63, 3.8) is 0 Å². The van der Waals surface area contributed by atoms with Crippen molar-refractivity contribution in [2.45, 2.75) is 18.6 Å². The van der Waals surface area contributed by atoms with Crippen LogP contribution in [0.4, 0.5) is 13.2 Å². The van der Waals surface area contributed by atoms with Gasteiger partial charge in [0.05, 0.1) is 24.8 Å². The molecule has 3 N–H and O–H groups in total. The van der Waals surface area contributed by atoms with Gasteiger partial charge in [0.2, 0.25) is 0 Å². The number of benzene rings is 1. The monoisotopic (exact) mass is 279 g/mol. The topological polar surface area (TPSA) is 64.7 Å². The lowest BCUT2D eigenvalue weighted by Crippen LogP contribution is -2.45. The third-order valence-electron chi connectivity index (χ3n) is 2.41. The molecule has 0 amide bonds. The highest BCUT2D eigenvalue weighted by molar-refractivity contribution is 5.43. The summed E-state index contributed by atoms with van der Waals surface area (Å²) in [5.41, 5.74) is 3.86. The molecule has 0 bridgehead atoms. The van der Waals surface area contributed by atoms with E-state index in [1.165, 1.54) is 7.11 Å². The molecule has 7 heteroatoms. The van der Waals surface area contributed by atoms with Crippen molar-refractivity contribution in [2.24, 2.45) is 5.73 Å². The maximum Gasteiger partial charge on any atom is 0.416 e. The van der Waals surface area contributed by atoms with Crippen LogP contribution in [0.3, 0.4) is 0 Å². The zero-order valence-electron chi connectivity index (χ0n) is 10.6. The molecule has 0 aliphatic carbocycles. The van der Waals surface area contributed by atoms with Gasteiger partial charge in [-0.3, -0.25) is 0 Å². The third kappa shape index (κ3) is 4.29. The van der Waals surface area contributed by atoms with E-state index in [0.717, 1.165) is 18.2 Å². The van der Waals surface area contributed by atoms with Gasteiger partial charge in [0.25, 0.3) is 0 Å². The molecular weight excluding hydrogens is 263 g/mol. The Morgan fingerprint density at radius 3 is 2.37 bits per heavy atom. The van der Waals surface area contributed by atoms with E-state index < -0.39 is 17.3 Å². The van der Waals surface area contributed by atoms with Gasteiger partial charge in [-0.15, -0.1) is 0 Å². The molecule has 0 aliphatic rings. The summed E-state index contributed by atoms with van der Waals surface area (Å²) < 4.78 is 47.7. The first-order valence-corrected chi connectivity index (χ1v) is 5.47. The molecule has 1 unspecified atom stereocenters. The first kappa shape index (κ1) is 15.6. The number of halogens is 3. The summed E-state index contributed by atoms with van der Waals surface area (Å²) in [6.07, 6.45) is -4.45. The molecule has 0 aliphatic heterocycles. The first-order chi connectivity index (χ1) is 8.69. The molecule has 108 valence electrons. The second-order valence-electron chi connectivity index (χ2n) is 4.46. The minimum absolute atomic E-state index is 0.0384. The molecule has 1 rings (SSSR count). The maximum absolute atomic E-state index is 12.5. The number of hydrogen-bond donors (Lipinski definition) is 2. The lowest BCUT2D eigenvalue weighted by molar-refractivity contribution is -0.137. The molecule has 1 atom stereocenters. The maximum atomic E-state index is 12.5. The number of hydrogen-bond acceptors (Lipinski definition) is 4. The first-order valence-electron chi connectivity index (χ1n) is 5.47. The minimum Gasteiger partial charge on any atom is -0.493 e. The number of aliphatic hydroxyl groups is 1. The molecule has 0 saturated heterocycles. The number of rotatable bonds is 5. The summed E-state index contributed by atoms with van der Waals surface area (Å²) in [4.78, 5) is 0. The molecule has 0 spiro atoms. The molecule has 0 heterocycles. The Labute approximate surface area is 108 Å². The van der Waals surface area contributed by atoms with Gasteiger partial charge >= 0.3 is 6.18 Å². The quantitative estimate of drug-likeness (QED) is 0.862. The van der Waals surface area contributed by atoms with Crippen LogP contribution in [0.1, 0.15) is 12.5 Å². The average Bonchev–Trinajstić information content (AvgIpc) is 2.35. The van der Waals surface area contributed by atoms with Crippen molar-refractivity contribution < 1.29 is 27.8 Å². The van der Waals surface area contributed by atoms with E-state index in [1.54, 1.807) is 6.92 Å². The predicted octanol–water partition coefficient (Wildman–Crippen LogP) is 1.80. The van der Waals surface area contributed by atoms with Crippen LogP contribution in [0, 0.1) is 0 Å². The molecular formula is C12H16F3NO3. The summed E-state index contributed by atoms with van der Waals surface area (Å²) in [5.74, 6) is 0.101. The fourth-order valence-electron chi connectivity index (χ4n) is 1.25. The van der Waals surface area contributed by atoms with Crippen LogP contribution >= 0.6 is 0 Å². The Balaban J connectivity index is 2.91. The summed E-state index contributed by atoms with van der Waals surface area (Å²) in [6.45, 7) is 1.20. The normalized spacial score (nSPS) is 14.9. The van der Waals surface area contributed by atoms with E-state index >= 15 is 0 Å². The van der Waals surface area contributed by atoms with E-state index in [9.17, 15) is 13.2 Å². The molecule has 0 saturated carbocycles. The standard InChI is InChI=1S/C12H16F3NO3/c1-11(16,6-17)7-19-9-4-3-8(12(13,14)15)5-10(9)18-2/h3-5,17H,6-7,16H2,1-2H3. The Bertz CT molecular complexity index is 433. The molecule has 0 fully saturated rings. The van der Waals surface area contributed by atoms with Gasteiger partial charge in [-0.2, -0.15) is 13.2 Å². The largest absolute Gasteiger partial charge is 0.493 e. The van der Waals surface area contributed by atoms with Crippen molar-refractivity contribution >= 4 is 0 Å². The SMILES string of the molecule is COc1cc(C(F)(F)F)ccc1OCC(C)(N)CO. The summed E-state index contributed by atoms with van der Waals surface area (Å²) in [7, 11) is 1.25. The average molecular weight is 279 g/mol. The van der Waals surface area contributed by atoms with Crippen LogP contribution in [0.5, 0.6) is 11.5 Å². The lowest BCUT2D eigenvalue weighted by atomic mass is 10.1. The summed E-state index contributed by atoms with van der Waals surface area (Å²) in [6, 6.07) is 2.90. The second kappa shape index (κ2) is 5.66. The number of alkyl halides is 3. The molecule has 1 aromatic carbocycles. The van der Waals surface area contributed by atoms with Crippen LogP contribution < -0.4 is 15.2 Å². The van der Waals surface area contributed by atoms with Crippen LogP contribution in [-0.4, -0.2) is 31.0 Å². The smallest absolute Gasteiger partial charge is 0.416 e. The van der Waals surface area contributed by atoms with E-state index in [1.807, 2.05) is 0 Å². The Morgan fingerprint density at radius 2 is 1.89 bits per heavy atom. The zero-order valence-corrected chi connectivity index (χ0v) is 10.6. The van der Waals surface area contributed by atoms with Gasteiger partial charge in [-0.05, 0) is 25.1 Å². The highest BCUT2D eigenvalue weighted by atomic mass is 19.4. The zero-order chi connectivity index (χ0) is 14.7. The molecule has 19 heavy (non-hydrogen) atoms. The van der Waals surface area contributed by atoms with Gasteiger partial charge in [-0.1, -0.05) is 0 Å². The highest BCUT2D eigenvalue weighted by Gasteiger charge is 2.31. The van der Waals surface area contributed by atoms with E-state index in [0.29, 0.717) is 0 Å². The highest BCUT2D eigenvalue weighted by Crippen LogP contribution is 2.36.